The molecule has 0 aromatic carbocycles. The highest BCUT2D eigenvalue weighted by Gasteiger charge is 2.37. The Morgan fingerprint density at radius 3 is 3.17 bits per heavy atom. The lowest BCUT2D eigenvalue weighted by atomic mass is 10.1. The van der Waals surface area contributed by atoms with Gasteiger partial charge >= 0.3 is 0 Å². The van der Waals surface area contributed by atoms with Gasteiger partial charge in [0.2, 0.25) is 0 Å². The number of fused-ring (bicyclic) bond motifs is 1. The SMILES string of the molecule is CCNC(=O)c1cc2c(N3CCOCC3C3CC3)ccnc2[nH]1. The Bertz CT molecular complexity index is 722. The highest BCUT2D eigenvalue weighted by atomic mass is 16.5. The van der Waals surface area contributed by atoms with Gasteiger partial charge in [0.1, 0.15) is 11.3 Å². The number of carbonyl (C=O) groups excluding carboxylic acids is 1. The average Bonchev–Trinajstić information content (AvgIpc) is 3.32. The van der Waals surface area contributed by atoms with Crippen LogP contribution in [0.4, 0.5) is 5.69 Å². The number of aromatic amines is 1. The highest BCUT2D eigenvalue weighted by Crippen LogP contribution is 2.39. The Morgan fingerprint density at radius 2 is 2.39 bits per heavy atom. The number of H-pyrrole nitrogens is 1. The second kappa shape index (κ2) is 5.85. The molecule has 23 heavy (non-hydrogen) atoms. The van der Waals surface area contributed by atoms with Crippen molar-refractivity contribution in [2.75, 3.05) is 31.2 Å². The van der Waals surface area contributed by atoms with E-state index in [4.69, 9.17) is 4.74 Å². The lowest BCUT2D eigenvalue weighted by molar-refractivity contribution is 0.0880. The molecule has 1 aliphatic heterocycles. The van der Waals surface area contributed by atoms with Crippen molar-refractivity contribution in [1.82, 2.24) is 15.3 Å². The molecule has 4 rings (SSSR count). The van der Waals surface area contributed by atoms with Crippen LogP contribution in [0.3, 0.4) is 0 Å². The molecule has 2 fully saturated rings. The molecule has 2 aromatic heterocycles. The molecule has 122 valence electrons. The zero-order chi connectivity index (χ0) is 15.8. The van der Waals surface area contributed by atoms with Gasteiger partial charge in [0.25, 0.3) is 5.91 Å². The molecular weight excluding hydrogens is 292 g/mol. The van der Waals surface area contributed by atoms with Crippen molar-refractivity contribution in [3.8, 4) is 0 Å². The van der Waals surface area contributed by atoms with Crippen molar-refractivity contribution < 1.29 is 9.53 Å². The van der Waals surface area contributed by atoms with Crippen molar-refractivity contribution in [3.63, 3.8) is 0 Å². The zero-order valence-electron chi connectivity index (χ0n) is 13.3. The van der Waals surface area contributed by atoms with Crippen molar-refractivity contribution >= 4 is 22.6 Å². The van der Waals surface area contributed by atoms with Crippen molar-refractivity contribution in [3.05, 3.63) is 24.0 Å². The minimum absolute atomic E-state index is 0.0860. The van der Waals surface area contributed by atoms with Gasteiger partial charge in [-0.1, -0.05) is 0 Å². The fraction of sp³-hybridized carbons (Fsp3) is 0.529. The van der Waals surface area contributed by atoms with Gasteiger partial charge in [-0.05, 0) is 37.8 Å². The van der Waals surface area contributed by atoms with Gasteiger partial charge in [0, 0.05) is 30.4 Å². The maximum Gasteiger partial charge on any atom is 0.267 e. The molecule has 2 aliphatic rings. The topological polar surface area (TPSA) is 70.2 Å². The van der Waals surface area contributed by atoms with E-state index in [0.717, 1.165) is 42.4 Å². The predicted molar refractivity (Wildman–Crippen MR) is 88.8 cm³/mol. The number of aromatic nitrogens is 2. The molecular formula is C17H22N4O2. The minimum Gasteiger partial charge on any atom is -0.377 e. The fourth-order valence-electron chi connectivity index (χ4n) is 3.43. The molecule has 1 aliphatic carbocycles. The van der Waals surface area contributed by atoms with E-state index >= 15 is 0 Å². The van der Waals surface area contributed by atoms with E-state index in [1.807, 2.05) is 19.2 Å². The van der Waals surface area contributed by atoms with Crippen LogP contribution in [0, 0.1) is 5.92 Å². The third-order valence-electron chi connectivity index (χ3n) is 4.73. The van der Waals surface area contributed by atoms with Gasteiger partial charge in [-0.25, -0.2) is 4.98 Å². The molecule has 1 saturated carbocycles. The smallest absolute Gasteiger partial charge is 0.267 e. The molecule has 1 amide bonds. The molecule has 1 atom stereocenters. The summed E-state index contributed by atoms with van der Waals surface area (Å²) in [5, 5.41) is 3.84. The summed E-state index contributed by atoms with van der Waals surface area (Å²) in [6.07, 6.45) is 4.39. The number of nitrogens with one attached hydrogen (secondary N) is 2. The van der Waals surface area contributed by atoms with Crippen LogP contribution in [-0.2, 0) is 4.74 Å². The average molecular weight is 314 g/mol. The summed E-state index contributed by atoms with van der Waals surface area (Å²) in [6, 6.07) is 4.41. The number of rotatable bonds is 4. The Labute approximate surface area is 135 Å². The maximum absolute atomic E-state index is 12.1. The molecule has 1 unspecified atom stereocenters. The van der Waals surface area contributed by atoms with Crippen LogP contribution >= 0.6 is 0 Å². The molecule has 6 nitrogen and oxygen atoms in total. The largest absolute Gasteiger partial charge is 0.377 e. The number of hydrogen-bond donors (Lipinski definition) is 2. The molecule has 1 saturated heterocycles. The first-order valence-corrected chi connectivity index (χ1v) is 8.38. The third-order valence-corrected chi connectivity index (χ3v) is 4.73. The Kier molecular flexibility index (Phi) is 3.69. The van der Waals surface area contributed by atoms with E-state index in [1.165, 1.54) is 12.8 Å². The Balaban J connectivity index is 1.72. The summed E-state index contributed by atoms with van der Waals surface area (Å²) in [5.41, 5.74) is 2.49. The van der Waals surface area contributed by atoms with Crippen LogP contribution < -0.4 is 10.2 Å². The quantitative estimate of drug-likeness (QED) is 0.904. The maximum atomic E-state index is 12.1. The van der Waals surface area contributed by atoms with E-state index in [0.29, 0.717) is 18.3 Å². The van der Waals surface area contributed by atoms with E-state index in [2.05, 4.69) is 26.3 Å². The number of anilines is 1. The third kappa shape index (κ3) is 2.67. The number of pyridine rings is 1. The van der Waals surface area contributed by atoms with Gasteiger partial charge < -0.3 is 19.9 Å². The summed E-state index contributed by atoms with van der Waals surface area (Å²) < 4.78 is 5.69. The lowest BCUT2D eigenvalue weighted by Crippen LogP contribution is -2.47. The van der Waals surface area contributed by atoms with Crippen LogP contribution in [-0.4, -0.2) is 48.2 Å². The normalized spacial score (nSPS) is 21.6. The molecule has 0 spiro atoms. The lowest BCUT2D eigenvalue weighted by Gasteiger charge is -2.38. The van der Waals surface area contributed by atoms with E-state index in [1.54, 1.807) is 0 Å². The van der Waals surface area contributed by atoms with Crippen LogP contribution in [0.15, 0.2) is 18.3 Å². The first-order valence-electron chi connectivity index (χ1n) is 8.38. The Hall–Kier alpha value is -2.08. The van der Waals surface area contributed by atoms with Crippen LogP contribution in [0.2, 0.25) is 0 Å². The van der Waals surface area contributed by atoms with Gasteiger partial charge in [0.15, 0.2) is 0 Å². The number of morpholine rings is 1. The number of nitrogens with zero attached hydrogens (tertiary/aromatic N) is 2. The van der Waals surface area contributed by atoms with E-state index in [-0.39, 0.29) is 5.91 Å². The van der Waals surface area contributed by atoms with Gasteiger partial charge in [-0.15, -0.1) is 0 Å². The molecule has 0 radical (unpaired) electrons. The monoisotopic (exact) mass is 314 g/mol. The fourth-order valence-corrected chi connectivity index (χ4v) is 3.43. The minimum atomic E-state index is -0.0860. The van der Waals surface area contributed by atoms with Crippen molar-refractivity contribution in [2.45, 2.75) is 25.8 Å². The van der Waals surface area contributed by atoms with Crippen LogP contribution in [0.25, 0.3) is 11.0 Å². The van der Waals surface area contributed by atoms with Gasteiger partial charge in [0.05, 0.1) is 19.3 Å². The number of hydrogen-bond acceptors (Lipinski definition) is 4. The van der Waals surface area contributed by atoms with Gasteiger partial charge in [-0.3, -0.25) is 4.79 Å². The van der Waals surface area contributed by atoms with Gasteiger partial charge in [-0.2, -0.15) is 0 Å². The van der Waals surface area contributed by atoms with E-state index < -0.39 is 0 Å². The summed E-state index contributed by atoms with van der Waals surface area (Å²) in [4.78, 5) is 22.1. The van der Waals surface area contributed by atoms with Crippen LogP contribution in [0.5, 0.6) is 0 Å². The number of ether oxygens (including phenoxy) is 1. The first kappa shape index (κ1) is 14.5. The molecule has 6 heteroatoms. The summed E-state index contributed by atoms with van der Waals surface area (Å²) >= 11 is 0. The van der Waals surface area contributed by atoms with Crippen LogP contribution in [0.1, 0.15) is 30.3 Å². The zero-order valence-corrected chi connectivity index (χ0v) is 13.3. The van der Waals surface area contributed by atoms with E-state index in [9.17, 15) is 4.79 Å². The first-order chi connectivity index (χ1) is 11.3. The summed E-state index contributed by atoms with van der Waals surface area (Å²) in [7, 11) is 0. The Morgan fingerprint density at radius 1 is 1.52 bits per heavy atom. The summed E-state index contributed by atoms with van der Waals surface area (Å²) in [5.74, 6) is 0.650. The molecule has 0 bridgehead atoms. The number of carbonyl (C=O) groups is 1. The van der Waals surface area contributed by atoms with Crippen molar-refractivity contribution in [2.24, 2.45) is 5.92 Å². The van der Waals surface area contributed by atoms with Crippen molar-refractivity contribution in [1.29, 1.82) is 0 Å². The second-order valence-electron chi connectivity index (χ2n) is 6.31. The summed E-state index contributed by atoms with van der Waals surface area (Å²) in [6.45, 7) is 4.96. The molecule has 2 N–H and O–H groups in total. The molecule has 2 aromatic rings. The number of amides is 1. The highest BCUT2D eigenvalue weighted by molar-refractivity contribution is 6.00. The molecule has 3 heterocycles. The predicted octanol–water partition coefficient (Wildman–Crippen LogP) is 1.93. The standard InChI is InChI=1S/C17H22N4O2/c1-2-18-17(22)13-9-12-14(5-6-19-16(12)20-13)21-7-8-23-10-15(21)11-3-4-11/h5-6,9,11,15H,2-4,7-8,10H2,1H3,(H,18,22)(H,19,20). The second-order valence-corrected chi connectivity index (χ2v) is 6.31.